The quantitative estimate of drug-likeness (QED) is 0.442. The average Bonchev–Trinajstić information content (AvgIpc) is 2.86. The number of hydrogen-bond donors (Lipinski definition) is 2. The van der Waals surface area contributed by atoms with Crippen molar-refractivity contribution in [3.63, 3.8) is 0 Å². The molecule has 8 nitrogen and oxygen atoms in total. The molecule has 3 aromatic carbocycles. The number of piperidine rings is 1. The molecule has 1 saturated heterocycles. The van der Waals surface area contributed by atoms with Crippen molar-refractivity contribution in [2.45, 2.75) is 37.3 Å². The largest absolute Gasteiger partial charge is 0.326 e. The third-order valence-electron chi connectivity index (χ3n) is 6.47. The van der Waals surface area contributed by atoms with Crippen molar-refractivity contribution < 1.29 is 21.6 Å². The summed E-state index contributed by atoms with van der Waals surface area (Å²) in [5, 5.41) is 2.83. The number of benzene rings is 3. The van der Waals surface area contributed by atoms with Gasteiger partial charge in [0.15, 0.2) is 0 Å². The lowest BCUT2D eigenvalue weighted by Crippen LogP contribution is -2.41. The molecule has 2 N–H and O–H groups in total. The molecule has 0 unspecified atom stereocenters. The molecule has 0 bridgehead atoms. The van der Waals surface area contributed by atoms with E-state index in [-0.39, 0.29) is 35.6 Å². The van der Waals surface area contributed by atoms with Crippen LogP contribution in [0.5, 0.6) is 0 Å². The van der Waals surface area contributed by atoms with Crippen LogP contribution in [-0.4, -0.2) is 40.1 Å². The summed E-state index contributed by atoms with van der Waals surface area (Å²) in [5.41, 5.74) is 3.60. The predicted octanol–water partition coefficient (Wildman–Crippen LogP) is 4.28. The smallest absolute Gasteiger partial charge is 0.261 e. The standard InChI is InChI=1S/C27H31N3O5S2/c1-20-8-13-26(21(2)18-20)29-37(34,35)25-11-9-24(10-12-25)28-27(31)23-14-16-30(17-15-23)36(32,33)19-22-6-4-3-5-7-22/h3-13,18,23,29H,14-17,19H2,1-2H3,(H,28,31). The summed E-state index contributed by atoms with van der Waals surface area (Å²) in [5.74, 6) is -0.583. The molecule has 0 atom stereocenters. The van der Waals surface area contributed by atoms with Crippen LogP contribution in [0, 0.1) is 19.8 Å². The summed E-state index contributed by atoms with van der Waals surface area (Å²) in [6.45, 7) is 4.35. The molecule has 0 spiro atoms. The second kappa shape index (κ2) is 11.0. The zero-order chi connectivity index (χ0) is 26.6. The van der Waals surface area contributed by atoms with Crippen LogP contribution in [0.15, 0.2) is 77.7 Å². The van der Waals surface area contributed by atoms with E-state index in [0.717, 1.165) is 16.7 Å². The summed E-state index contributed by atoms with van der Waals surface area (Å²) < 4.78 is 55.2. The highest BCUT2D eigenvalue weighted by Gasteiger charge is 2.31. The van der Waals surface area contributed by atoms with E-state index >= 15 is 0 Å². The van der Waals surface area contributed by atoms with Crippen molar-refractivity contribution in [1.82, 2.24) is 4.31 Å². The highest BCUT2D eigenvalue weighted by molar-refractivity contribution is 7.92. The lowest BCUT2D eigenvalue weighted by molar-refractivity contribution is -0.120. The number of anilines is 2. The Balaban J connectivity index is 1.32. The first-order valence-electron chi connectivity index (χ1n) is 12.1. The van der Waals surface area contributed by atoms with E-state index in [9.17, 15) is 21.6 Å². The van der Waals surface area contributed by atoms with Crippen molar-refractivity contribution in [1.29, 1.82) is 0 Å². The lowest BCUT2D eigenvalue weighted by atomic mass is 9.97. The first-order chi connectivity index (χ1) is 17.5. The SMILES string of the molecule is Cc1ccc(NS(=O)(=O)c2ccc(NC(=O)C3CCN(S(=O)(=O)Cc4ccccc4)CC3)cc2)c(C)c1. The van der Waals surface area contributed by atoms with Gasteiger partial charge in [-0.1, -0.05) is 48.0 Å². The summed E-state index contributed by atoms with van der Waals surface area (Å²) in [7, 11) is -7.23. The lowest BCUT2D eigenvalue weighted by Gasteiger charge is -2.30. The van der Waals surface area contributed by atoms with Gasteiger partial charge < -0.3 is 5.32 Å². The minimum Gasteiger partial charge on any atom is -0.326 e. The first-order valence-corrected chi connectivity index (χ1v) is 15.2. The fraction of sp³-hybridized carbons (Fsp3) is 0.296. The minimum atomic E-state index is -3.78. The number of sulfonamides is 2. The van der Waals surface area contributed by atoms with Crippen LogP contribution in [0.2, 0.25) is 0 Å². The van der Waals surface area contributed by atoms with Gasteiger partial charge in [-0.25, -0.2) is 21.1 Å². The third-order valence-corrected chi connectivity index (χ3v) is 9.70. The molecule has 10 heteroatoms. The Morgan fingerprint density at radius 1 is 0.892 bits per heavy atom. The topological polar surface area (TPSA) is 113 Å². The van der Waals surface area contributed by atoms with Crippen LogP contribution < -0.4 is 10.0 Å². The Kier molecular flexibility index (Phi) is 8.01. The van der Waals surface area contributed by atoms with E-state index < -0.39 is 20.0 Å². The van der Waals surface area contributed by atoms with Gasteiger partial charge in [-0.05, 0) is 68.1 Å². The molecular weight excluding hydrogens is 510 g/mol. The predicted molar refractivity (Wildman–Crippen MR) is 145 cm³/mol. The maximum Gasteiger partial charge on any atom is 0.261 e. The summed E-state index contributed by atoms with van der Waals surface area (Å²) in [6.07, 6.45) is 0.846. The Morgan fingerprint density at radius 3 is 2.16 bits per heavy atom. The van der Waals surface area contributed by atoms with Crippen LogP contribution in [-0.2, 0) is 30.6 Å². The van der Waals surface area contributed by atoms with Crippen molar-refractivity contribution in [3.05, 3.63) is 89.5 Å². The van der Waals surface area contributed by atoms with Crippen LogP contribution in [0.25, 0.3) is 0 Å². The molecule has 1 aliphatic heterocycles. The summed E-state index contributed by atoms with van der Waals surface area (Å²) in [6, 6.07) is 20.5. The molecule has 0 saturated carbocycles. The number of carbonyl (C=O) groups is 1. The zero-order valence-electron chi connectivity index (χ0n) is 20.8. The second-order valence-electron chi connectivity index (χ2n) is 9.35. The first kappa shape index (κ1) is 26.8. The van der Waals surface area contributed by atoms with Crippen LogP contribution in [0.1, 0.15) is 29.5 Å². The minimum absolute atomic E-state index is 0.0572. The van der Waals surface area contributed by atoms with E-state index in [4.69, 9.17) is 0 Å². The van der Waals surface area contributed by atoms with Gasteiger partial charge in [-0.3, -0.25) is 9.52 Å². The van der Waals surface area contributed by atoms with Crippen LogP contribution in [0.3, 0.4) is 0 Å². The van der Waals surface area contributed by atoms with Gasteiger partial charge in [0.1, 0.15) is 0 Å². The molecule has 1 heterocycles. The number of aryl methyl sites for hydroxylation is 2. The normalized spacial score (nSPS) is 15.3. The van der Waals surface area contributed by atoms with Crippen LogP contribution in [0.4, 0.5) is 11.4 Å². The maximum absolute atomic E-state index is 12.8. The fourth-order valence-electron chi connectivity index (χ4n) is 4.37. The van der Waals surface area contributed by atoms with Gasteiger partial charge in [-0.15, -0.1) is 0 Å². The summed E-state index contributed by atoms with van der Waals surface area (Å²) >= 11 is 0. The van der Waals surface area contributed by atoms with Crippen molar-refractivity contribution in [3.8, 4) is 0 Å². The second-order valence-corrected chi connectivity index (χ2v) is 13.0. The Bertz CT molecular complexity index is 1460. The molecule has 3 aromatic rings. The van der Waals surface area contributed by atoms with Crippen molar-refractivity contribution >= 4 is 37.3 Å². The van der Waals surface area contributed by atoms with Gasteiger partial charge in [0, 0.05) is 24.7 Å². The molecule has 1 aliphatic rings. The number of hydrogen-bond acceptors (Lipinski definition) is 5. The average molecular weight is 542 g/mol. The molecular formula is C27H31N3O5S2. The summed E-state index contributed by atoms with van der Waals surface area (Å²) in [4.78, 5) is 12.9. The number of nitrogens with one attached hydrogen (secondary N) is 2. The van der Waals surface area contributed by atoms with Crippen LogP contribution >= 0.6 is 0 Å². The van der Waals surface area contributed by atoms with E-state index in [0.29, 0.717) is 24.2 Å². The van der Waals surface area contributed by atoms with Crippen molar-refractivity contribution in [2.75, 3.05) is 23.1 Å². The van der Waals surface area contributed by atoms with Crippen molar-refractivity contribution in [2.24, 2.45) is 5.92 Å². The number of rotatable bonds is 8. The Morgan fingerprint density at radius 2 is 1.54 bits per heavy atom. The Labute approximate surface area is 218 Å². The molecule has 196 valence electrons. The molecule has 1 amide bonds. The number of amides is 1. The Hall–Kier alpha value is -3.21. The molecule has 0 radical (unpaired) electrons. The zero-order valence-corrected chi connectivity index (χ0v) is 22.5. The molecule has 37 heavy (non-hydrogen) atoms. The molecule has 1 fully saturated rings. The van der Waals surface area contributed by atoms with Gasteiger partial charge in [0.2, 0.25) is 15.9 Å². The highest BCUT2D eigenvalue weighted by atomic mass is 32.2. The number of carbonyl (C=O) groups excluding carboxylic acids is 1. The van der Waals surface area contributed by atoms with E-state index in [2.05, 4.69) is 10.0 Å². The molecule has 0 aromatic heterocycles. The molecule has 0 aliphatic carbocycles. The van der Waals surface area contributed by atoms with Gasteiger partial charge in [0.25, 0.3) is 10.0 Å². The van der Waals surface area contributed by atoms with Gasteiger partial charge >= 0.3 is 0 Å². The van der Waals surface area contributed by atoms with Gasteiger partial charge in [-0.2, -0.15) is 0 Å². The highest BCUT2D eigenvalue weighted by Crippen LogP contribution is 2.25. The third kappa shape index (κ3) is 6.76. The number of nitrogens with zero attached hydrogens (tertiary/aromatic N) is 1. The van der Waals surface area contributed by atoms with Gasteiger partial charge in [0.05, 0.1) is 16.3 Å². The molecule has 4 rings (SSSR count). The fourth-order valence-corrected chi connectivity index (χ4v) is 7.06. The van der Waals surface area contributed by atoms with E-state index in [1.54, 1.807) is 30.3 Å². The van der Waals surface area contributed by atoms with E-state index in [1.807, 2.05) is 44.2 Å². The maximum atomic E-state index is 12.8. The van der Waals surface area contributed by atoms with E-state index in [1.165, 1.54) is 16.4 Å². The monoisotopic (exact) mass is 541 g/mol.